The lowest BCUT2D eigenvalue weighted by atomic mass is 9.78. The average Bonchev–Trinajstić information content (AvgIpc) is 2.83. The molecule has 3 rings (SSSR count). The first-order valence-electron chi connectivity index (χ1n) is 8.60. The normalized spacial score (nSPS) is 18.3. The van der Waals surface area contributed by atoms with E-state index in [9.17, 15) is 0 Å². The molecule has 0 radical (unpaired) electrons. The van der Waals surface area contributed by atoms with Gasteiger partial charge in [-0.2, -0.15) is 0 Å². The Balaban J connectivity index is 1.57. The molecular weight excluding hydrogens is 282 g/mol. The molecule has 1 aliphatic rings. The van der Waals surface area contributed by atoms with E-state index in [1.54, 1.807) is 7.11 Å². The number of fused-ring (bicyclic) bond motifs is 1. The van der Waals surface area contributed by atoms with Gasteiger partial charge < -0.3 is 10.1 Å². The largest absolute Gasteiger partial charge is 0.497 e. The first kappa shape index (κ1) is 15.9. The second kappa shape index (κ2) is 6.66. The minimum atomic E-state index is 0.149. The zero-order chi connectivity index (χ0) is 16.3. The summed E-state index contributed by atoms with van der Waals surface area (Å²) in [5.74, 6) is 0.948. The number of hydrogen-bond acceptors (Lipinski definition) is 2. The molecule has 0 amide bonds. The second-order valence-electron chi connectivity index (χ2n) is 7.06. The number of aryl methyl sites for hydroxylation is 1. The van der Waals surface area contributed by atoms with Gasteiger partial charge >= 0.3 is 0 Å². The molecule has 2 aromatic carbocycles. The van der Waals surface area contributed by atoms with Crippen molar-refractivity contribution in [1.29, 1.82) is 0 Å². The fourth-order valence-corrected chi connectivity index (χ4v) is 3.62. The quantitative estimate of drug-likeness (QED) is 0.742. The number of ether oxygens (including phenoxy) is 1. The molecule has 0 fully saturated rings. The van der Waals surface area contributed by atoms with Crippen molar-refractivity contribution in [3.63, 3.8) is 0 Å². The van der Waals surface area contributed by atoms with E-state index in [4.69, 9.17) is 4.74 Å². The summed E-state index contributed by atoms with van der Waals surface area (Å²) in [6, 6.07) is 17.7. The van der Waals surface area contributed by atoms with Crippen LogP contribution in [0.5, 0.6) is 5.75 Å². The maximum Gasteiger partial charge on any atom is 0.119 e. The summed E-state index contributed by atoms with van der Waals surface area (Å²) in [4.78, 5) is 0. The molecule has 0 aromatic heterocycles. The summed E-state index contributed by atoms with van der Waals surface area (Å²) >= 11 is 0. The number of rotatable bonds is 6. The van der Waals surface area contributed by atoms with Crippen LogP contribution in [0.2, 0.25) is 0 Å². The smallest absolute Gasteiger partial charge is 0.119 e. The highest BCUT2D eigenvalue weighted by Gasteiger charge is 2.38. The molecule has 2 heteroatoms. The van der Waals surface area contributed by atoms with E-state index in [0.717, 1.165) is 5.75 Å². The lowest BCUT2D eigenvalue weighted by Crippen LogP contribution is -2.33. The van der Waals surface area contributed by atoms with Crippen LogP contribution in [0.25, 0.3) is 0 Å². The number of anilines is 1. The van der Waals surface area contributed by atoms with Gasteiger partial charge in [0.2, 0.25) is 0 Å². The molecule has 122 valence electrons. The van der Waals surface area contributed by atoms with E-state index in [2.05, 4.69) is 61.6 Å². The Kier molecular flexibility index (Phi) is 4.61. The molecule has 1 atom stereocenters. The summed E-state index contributed by atoms with van der Waals surface area (Å²) in [5, 5.41) is 3.72. The minimum Gasteiger partial charge on any atom is -0.497 e. The van der Waals surface area contributed by atoms with Crippen LogP contribution in [-0.2, 0) is 11.8 Å². The lowest BCUT2D eigenvalue weighted by Gasteiger charge is -2.28. The van der Waals surface area contributed by atoms with Gasteiger partial charge in [0.25, 0.3) is 0 Å². The third-order valence-corrected chi connectivity index (χ3v) is 5.17. The van der Waals surface area contributed by atoms with E-state index in [-0.39, 0.29) is 5.41 Å². The Bertz CT molecular complexity index is 648. The topological polar surface area (TPSA) is 21.3 Å². The van der Waals surface area contributed by atoms with Gasteiger partial charge in [0.1, 0.15) is 5.75 Å². The highest BCUT2D eigenvalue weighted by Crippen LogP contribution is 2.43. The van der Waals surface area contributed by atoms with Crippen molar-refractivity contribution in [3.8, 4) is 5.75 Å². The Morgan fingerprint density at radius 3 is 2.57 bits per heavy atom. The second-order valence-corrected chi connectivity index (χ2v) is 7.06. The van der Waals surface area contributed by atoms with Crippen LogP contribution in [0.3, 0.4) is 0 Å². The molecule has 1 N–H and O–H groups in total. The Labute approximate surface area is 139 Å². The fourth-order valence-electron chi connectivity index (χ4n) is 3.62. The molecular formula is C21H27NO. The van der Waals surface area contributed by atoms with E-state index in [0.29, 0.717) is 6.04 Å². The molecule has 1 unspecified atom stereocenters. The van der Waals surface area contributed by atoms with E-state index in [1.165, 1.54) is 42.5 Å². The molecule has 2 nitrogen and oxygen atoms in total. The first-order valence-corrected chi connectivity index (χ1v) is 8.60. The van der Waals surface area contributed by atoms with E-state index in [1.807, 2.05) is 6.07 Å². The van der Waals surface area contributed by atoms with Gasteiger partial charge in [0.05, 0.1) is 7.11 Å². The number of nitrogens with one attached hydrogen (secondary N) is 1. The molecule has 23 heavy (non-hydrogen) atoms. The fraction of sp³-hybridized carbons (Fsp3) is 0.429. The van der Waals surface area contributed by atoms with Crippen molar-refractivity contribution in [2.24, 2.45) is 0 Å². The van der Waals surface area contributed by atoms with Crippen LogP contribution >= 0.6 is 0 Å². The van der Waals surface area contributed by atoms with Gasteiger partial charge in [-0.1, -0.05) is 50.6 Å². The molecule has 0 bridgehead atoms. The molecule has 0 saturated carbocycles. The van der Waals surface area contributed by atoms with Crippen LogP contribution in [0.15, 0.2) is 48.5 Å². The first-order chi connectivity index (χ1) is 11.1. The van der Waals surface area contributed by atoms with Gasteiger partial charge in [-0.25, -0.2) is 0 Å². The number of methoxy groups -OCH3 is 1. The van der Waals surface area contributed by atoms with Crippen molar-refractivity contribution in [1.82, 2.24) is 0 Å². The zero-order valence-corrected chi connectivity index (χ0v) is 14.4. The molecule has 1 heterocycles. The van der Waals surface area contributed by atoms with Gasteiger partial charge in [-0.3, -0.25) is 0 Å². The third-order valence-electron chi connectivity index (χ3n) is 5.17. The van der Waals surface area contributed by atoms with Gasteiger partial charge in [-0.05, 0) is 48.6 Å². The monoisotopic (exact) mass is 309 g/mol. The molecule has 1 aliphatic heterocycles. The van der Waals surface area contributed by atoms with Crippen LogP contribution in [0.4, 0.5) is 5.69 Å². The van der Waals surface area contributed by atoms with Crippen LogP contribution < -0.4 is 10.1 Å². The van der Waals surface area contributed by atoms with E-state index < -0.39 is 0 Å². The van der Waals surface area contributed by atoms with Crippen LogP contribution in [-0.4, -0.2) is 13.2 Å². The van der Waals surface area contributed by atoms with Crippen molar-refractivity contribution >= 4 is 5.69 Å². The number of unbranched alkanes of at least 4 members (excludes halogenated alkanes) is 1. The Hall–Kier alpha value is -1.96. The molecule has 0 spiro atoms. The van der Waals surface area contributed by atoms with Crippen molar-refractivity contribution in [2.75, 3.05) is 12.4 Å². The minimum absolute atomic E-state index is 0.149. The van der Waals surface area contributed by atoms with Crippen LogP contribution in [0, 0.1) is 0 Å². The average molecular weight is 309 g/mol. The standard InChI is InChI=1S/C21H27NO/c1-21(2)18-15-17(23-3)13-14-19(18)22-20(21)12-8-7-11-16-9-5-4-6-10-16/h4-6,9-10,13-15,20,22H,7-8,11-12H2,1-3H3. The highest BCUT2D eigenvalue weighted by atomic mass is 16.5. The van der Waals surface area contributed by atoms with Gasteiger partial charge in [-0.15, -0.1) is 0 Å². The van der Waals surface area contributed by atoms with Gasteiger partial charge in [0, 0.05) is 17.1 Å². The lowest BCUT2D eigenvalue weighted by molar-refractivity contribution is 0.405. The third kappa shape index (κ3) is 3.36. The summed E-state index contributed by atoms with van der Waals surface area (Å²) in [6.07, 6.45) is 4.88. The maximum atomic E-state index is 5.39. The highest BCUT2D eigenvalue weighted by molar-refractivity contribution is 5.63. The summed E-state index contributed by atoms with van der Waals surface area (Å²) in [7, 11) is 1.73. The predicted molar refractivity (Wildman–Crippen MR) is 97.4 cm³/mol. The summed E-state index contributed by atoms with van der Waals surface area (Å²) in [6.45, 7) is 4.68. The van der Waals surface area contributed by atoms with Crippen molar-refractivity contribution in [2.45, 2.75) is 51.0 Å². The predicted octanol–water partition coefficient (Wildman–Crippen LogP) is 5.18. The summed E-state index contributed by atoms with van der Waals surface area (Å²) < 4.78 is 5.39. The zero-order valence-electron chi connectivity index (χ0n) is 14.4. The summed E-state index contributed by atoms with van der Waals surface area (Å²) in [5.41, 5.74) is 4.24. The van der Waals surface area contributed by atoms with Gasteiger partial charge in [0.15, 0.2) is 0 Å². The maximum absolute atomic E-state index is 5.39. The van der Waals surface area contributed by atoms with Crippen LogP contribution in [0.1, 0.15) is 44.2 Å². The Morgan fingerprint density at radius 1 is 1.04 bits per heavy atom. The van der Waals surface area contributed by atoms with Crippen molar-refractivity contribution < 1.29 is 4.74 Å². The Morgan fingerprint density at radius 2 is 1.83 bits per heavy atom. The molecule has 2 aromatic rings. The van der Waals surface area contributed by atoms with E-state index >= 15 is 0 Å². The molecule has 0 saturated heterocycles. The number of benzene rings is 2. The van der Waals surface area contributed by atoms with Crippen molar-refractivity contribution in [3.05, 3.63) is 59.7 Å². The SMILES string of the molecule is COc1ccc2c(c1)C(C)(C)C(CCCCc1ccccc1)N2. The number of hydrogen-bond donors (Lipinski definition) is 1. The molecule has 0 aliphatic carbocycles.